The van der Waals surface area contributed by atoms with Crippen LogP contribution in [0.2, 0.25) is 0 Å². The lowest BCUT2D eigenvalue weighted by Crippen LogP contribution is -2.19. The van der Waals surface area contributed by atoms with Gasteiger partial charge < -0.3 is 20.9 Å². The Morgan fingerprint density at radius 1 is 1.13 bits per heavy atom. The van der Waals surface area contributed by atoms with Crippen molar-refractivity contribution in [1.82, 2.24) is 25.3 Å². The van der Waals surface area contributed by atoms with Crippen molar-refractivity contribution < 1.29 is 4.39 Å². The molecule has 4 aromatic rings. The number of nitrogens with zero attached hydrogens (tertiary/aromatic N) is 3. The van der Waals surface area contributed by atoms with Gasteiger partial charge in [-0.25, -0.2) is 9.37 Å². The van der Waals surface area contributed by atoms with Crippen LogP contribution in [0.15, 0.2) is 61.1 Å². The molecule has 0 fully saturated rings. The molecular weight excluding hydrogens is 393 g/mol. The van der Waals surface area contributed by atoms with E-state index in [4.69, 9.17) is 0 Å². The van der Waals surface area contributed by atoms with E-state index in [2.05, 4.69) is 54.2 Å². The predicted molar refractivity (Wildman–Crippen MR) is 121 cm³/mol. The van der Waals surface area contributed by atoms with Crippen LogP contribution in [-0.4, -0.2) is 33.0 Å². The van der Waals surface area contributed by atoms with Gasteiger partial charge >= 0.3 is 0 Å². The van der Waals surface area contributed by atoms with Crippen LogP contribution in [-0.2, 0) is 6.54 Å². The number of pyridine rings is 1. The number of H-pyrrole nitrogens is 1. The molecule has 156 valence electrons. The van der Waals surface area contributed by atoms with Crippen LogP contribution in [0.1, 0.15) is 17.7 Å². The molecule has 0 amide bonds. The molecule has 0 saturated heterocycles. The number of rotatable bonds is 6. The van der Waals surface area contributed by atoms with Crippen LogP contribution in [0.5, 0.6) is 0 Å². The van der Waals surface area contributed by atoms with Gasteiger partial charge in [-0.05, 0) is 48.9 Å². The van der Waals surface area contributed by atoms with Crippen LogP contribution in [0.4, 0.5) is 21.8 Å². The van der Waals surface area contributed by atoms with Crippen molar-refractivity contribution >= 4 is 33.9 Å². The molecule has 1 aliphatic heterocycles. The molecule has 5 rings (SSSR count). The lowest BCUT2D eigenvalue weighted by atomic mass is 9.99. The highest BCUT2D eigenvalue weighted by Crippen LogP contribution is 2.30. The van der Waals surface area contributed by atoms with E-state index in [1.54, 1.807) is 6.20 Å². The minimum absolute atomic E-state index is 0.131. The zero-order valence-corrected chi connectivity index (χ0v) is 16.8. The van der Waals surface area contributed by atoms with Crippen molar-refractivity contribution in [3.63, 3.8) is 0 Å². The molecule has 0 atom stereocenters. The number of nitrogens with one attached hydrogen (secondary N) is 4. The predicted octanol–water partition coefficient (Wildman–Crippen LogP) is 4.22. The first-order valence-electron chi connectivity index (χ1n) is 10.2. The van der Waals surface area contributed by atoms with Crippen LogP contribution < -0.4 is 16.0 Å². The second-order valence-electron chi connectivity index (χ2n) is 7.34. The number of aromatic amines is 1. The molecule has 0 radical (unpaired) electrons. The van der Waals surface area contributed by atoms with Crippen molar-refractivity contribution in [1.29, 1.82) is 0 Å². The molecule has 0 aliphatic carbocycles. The zero-order valence-electron chi connectivity index (χ0n) is 16.8. The summed E-state index contributed by atoms with van der Waals surface area (Å²) in [6.07, 6.45) is 8.15. The summed E-state index contributed by atoms with van der Waals surface area (Å²) in [6.45, 7) is 2.24. The quantitative estimate of drug-likeness (QED) is 0.377. The van der Waals surface area contributed by atoms with E-state index in [-0.39, 0.29) is 5.82 Å². The number of fused-ring (bicyclic) bond motifs is 1. The molecule has 7 nitrogen and oxygen atoms in total. The lowest BCUT2D eigenvalue weighted by Gasteiger charge is -2.13. The fourth-order valence-electron chi connectivity index (χ4n) is 3.69. The van der Waals surface area contributed by atoms with E-state index >= 15 is 0 Å². The van der Waals surface area contributed by atoms with Gasteiger partial charge in [0.2, 0.25) is 5.95 Å². The SMILES string of the molecule is Fc1cnc(Nc2ccc3[nH]cc(C4=CCNCC4)c3c2)nc1NCc1ccccn1. The fraction of sp³-hybridized carbons (Fsp3) is 0.174. The van der Waals surface area contributed by atoms with Crippen molar-refractivity contribution in [3.05, 3.63) is 78.1 Å². The minimum Gasteiger partial charge on any atom is -0.362 e. The van der Waals surface area contributed by atoms with Gasteiger partial charge in [-0.1, -0.05) is 12.1 Å². The summed E-state index contributed by atoms with van der Waals surface area (Å²) in [5.41, 5.74) is 5.25. The largest absolute Gasteiger partial charge is 0.362 e. The molecule has 1 aromatic carbocycles. The standard InChI is InChI=1S/C23H22FN7/c24-20-14-29-23(31-22(20)28-12-17-3-1-2-8-26-17)30-16-4-5-21-18(11-16)19(13-27-21)15-6-9-25-10-7-15/h1-6,8,11,13-14,25,27H,7,9-10,12H2,(H2,28,29,30,31). The number of anilines is 3. The van der Waals surface area contributed by atoms with Crippen molar-refractivity contribution in [3.8, 4) is 0 Å². The third-order valence-corrected chi connectivity index (χ3v) is 5.25. The second kappa shape index (κ2) is 8.53. The molecular formula is C23H22FN7. The monoisotopic (exact) mass is 415 g/mol. The maximum Gasteiger partial charge on any atom is 0.229 e. The minimum atomic E-state index is -0.511. The van der Waals surface area contributed by atoms with Gasteiger partial charge in [-0.3, -0.25) is 4.98 Å². The zero-order chi connectivity index (χ0) is 21.0. The topological polar surface area (TPSA) is 90.5 Å². The Bertz CT molecular complexity index is 1230. The molecule has 8 heteroatoms. The van der Waals surface area contributed by atoms with Crippen LogP contribution in [0.25, 0.3) is 16.5 Å². The van der Waals surface area contributed by atoms with Crippen LogP contribution in [0, 0.1) is 5.82 Å². The molecule has 4 N–H and O–H groups in total. The molecule has 0 unspecified atom stereocenters. The van der Waals surface area contributed by atoms with Crippen LogP contribution in [0.3, 0.4) is 0 Å². The number of hydrogen-bond donors (Lipinski definition) is 4. The number of aromatic nitrogens is 4. The van der Waals surface area contributed by atoms with E-state index in [1.165, 1.54) is 11.1 Å². The molecule has 0 spiro atoms. The highest BCUT2D eigenvalue weighted by atomic mass is 19.1. The Kier molecular flexibility index (Phi) is 5.28. The Morgan fingerprint density at radius 3 is 2.94 bits per heavy atom. The average Bonchev–Trinajstić information content (AvgIpc) is 3.24. The Labute approximate surface area is 178 Å². The van der Waals surface area contributed by atoms with Crippen molar-refractivity contribution in [2.24, 2.45) is 0 Å². The van der Waals surface area contributed by atoms with Gasteiger partial charge in [-0.2, -0.15) is 4.98 Å². The highest BCUT2D eigenvalue weighted by Gasteiger charge is 2.12. The van der Waals surface area contributed by atoms with E-state index in [0.29, 0.717) is 12.5 Å². The van der Waals surface area contributed by atoms with Gasteiger partial charge in [0.1, 0.15) is 0 Å². The van der Waals surface area contributed by atoms with Crippen molar-refractivity contribution in [2.45, 2.75) is 13.0 Å². The summed E-state index contributed by atoms with van der Waals surface area (Å²) >= 11 is 0. The summed E-state index contributed by atoms with van der Waals surface area (Å²) in [4.78, 5) is 16.0. The van der Waals surface area contributed by atoms with Gasteiger partial charge in [0, 0.05) is 41.1 Å². The first kappa shape index (κ1) is 19.2. The highest BCUT2D eigenvalue weighted by molar-refractivity contribution is 5.95. The first-order chi connectivity index (χ1) is 15.3. The average molecular weight is 415 g/mol. The van der Waals surface area contributed by atoms with E-state index in [0.717, 1.165) is 48.0 Å². The summed E-state index contributed by atoms with van der Waals surface area (Å²) < 4.78 is 14.2. The third kappa shape index (κ3) is 4.24. The van der Waals surface area contributed by atoms with E-state index in [1.807, 2.05) is 30.3 Å². The molecule has 0 saturated carbocycles. The summed E-state index contributed by atoms with van der Waals surface area (Å²) in [5.74, 6) is -0.0587. The normalized spacial score (nSPS) is 13.8. The Balaban J connectivity index is 1.37. The summed E-state index contributed by atoms with van der Waals surface area (Å²) in [6, 6.07) is 11.6. The number of benzene rings is 1. The fourth-order valence-corrected chi connectivity index (χ4v) is 3.69. The molecule has 0 bridgehead atoms. The molecule has 31 heavy (non-hydrogen) atoms. The van der Waals surface area contributed by atoms with Crippen molar-refractivity contribution in [2.75, 3.05) is 23.7 Å². The maximum absolute atomic E-state index is 14.2. The molecule has 1 aliphatic rings. The molecule has 3 aromatic heterocycles. The van der Waals surface area contributed by atoms with E-state index < -0.39 is 5.82 Å². The number of hydrogen-bond acceptors (Lipinski definition) is 6. The maximum atomic E-state index is 14.2. The van der Waals surface area contributed by atoms with Gasteiger partial charge in [0.25, 0.3) is 0 Å². The Hall–Kier alpha value is -3.78. The lowest BCUT2D eigenvalue weighted by molar-refractivity contribution is 0.617. The number of halogens is 1. The second-order valence-corrected chi connectivity index (χ2v) is 7.34. The summed E-state index contributed by atoms with van der Waals surface area (Å²) in [7, 11) is 0. The van der Waals surface area contributed by atoms with Crippen LogP contribution >= 0.6 is 0 Å². The smallest absolute Gasteiger partial charge is 0.229 e. The first-order valence-corrected chi connectivity index (χ1v) is 10.2. The Morgan fingerprint density at radius 2 is 2.10 bits per heavy atom. The molecule has 4 heterocycles. The van der Waals surface area contributed by atoms with Gasteiger partial charge in [-0.15, -0.1) is 0 Å². The van der Waals surface area contributed by atoms with E-state index in [9.17, 15) is 4.39 Å². The third-order valence-electron chi connectivity index (χ3n) is 5.25. The van der Waals surface area contributed by atoms with Gasteiger partial charge in [0.05, 0.1) is 18.4 Å². The van der Waals surface area contributed by atoms with Gasteiger partial charge in [0.15, 0.2) is 11.6 Å². The summed E-state index contributed by atoms with van der Waals surface area (Å²) in [5, 5.41) is 10.7.